The summed E-state index contributed by atoms with van der Waals surface area (Å²) in [6.07, 6.45) is 0. The van der Waals surface area contributed by atoms with Crippen molar-refractivity contribution in [2.45, 2.75) is 19.1 Å². The van der Waals surface area contributed by atoms with E-state index in [1.807, 2.05) is 6.92 Å². The monoisotopic (exact) mass is 191 g/mol. The minimum atomic E-state index is -0.885. The van der Waals surface area contributed by atoms with E-state index in [2.05, 4.69) is 5.32 Å². The maximum absolute atomic E-state index is 10.8. The molecule has 1 amide bonds. The Morgan fingerprint density at radius 2 is 2.17 bits per heavy atom. The van der Waals surface area contributed by atoms with Gasteiger partial charge in [-0.15, -0.1) is 11.8 Å². The van der Waals surface area contributed by atoms with Crippen molar-refractivity contribution in [1.29, 1.82) is 0 Å². The van der Waals surface area contributed by atoms with Crippen LogP contribution in [0, 0.1) is 0 Å². The molecule has 0 aromatic rings. The standard InChI is InChI=1S/C7H13NO3S/c1-3-8-6(9)4-12-5(2)7(10)11/h5H,3-4H2,1-2H3,(H,8,9)(H,10,11). The molecule has 70 valence electrons. The van der Waals surface area contributed by atoms with Gasteiger partial charge < -0.3 is 10.4 Å². The van der Waals surface area contributed by atoms with Crippen molar-refractivity contribution in [3.63, 3.8) is 0 Å². The number of nitrogens with one attached hydrogen (secondary N) is 1. The van der Waals surface area contributed by atoms with Crippen LogP contribution in [0.1, 0.15) is 13.8 Å². The van der Waals surface area contributed by atoms with E-state index in [4.69, 9.17) is 5.11 Å². The van der Waals surface area contributed by atoms with Gasteiger partial charge in [0.1, 0.15) is 0 Å². The number of aliphatic carboxylic acids is 1. The van der Waals surface area contributed by atoms with Crippen LogP contribution in [-0.2, 0) is 9.59 Å². The maximum atomic E-state index is 10.8. The van der Waals surface area contributed by atoms with E-state index in [0.29, 0.717) is 6.54 Å². The molecule has 0 aliphatic rings. The van der Waals surface area contributed by atoms with Crippen molar-refractivity contribution in [2.75, 3.05) is 12.3 Å². The highest BCUT2D eigenvalue weighted by Crippen LogP contribution is 2.09. The predicted molar refractivity (Wildman–Crippen MR) is 48.2 cm³/mol. The smallest absolute Gasteiger partial charge is 0.316 e. The minimum absolute atomic E-state index is 0.115. The molecule has 0 aromatic carbocycles. The molecule has 2 N–H and O–H groups in total. The van der Waals surface area contributed by atoms with Crippen LogP contribution < -0.4 is 5.32 Å². The van der Waals surface area contributed by atoms with Crippen LogP contribution in [0.15, 0.2) is 0 Å². The van der Waals surface area contributed by atoms with Crippen LogP contribution >= 0.6 is 11.8 Å². The molecule has 0 heterocycles. The lowest BCUT2D eigenvalue weighted by atomic mass is 10.5. The summed E-state index contributed by atoms with van der Waals surface area (Å²) in [5, 5.41) is 10.5. The average Bonchev–Trinajstić information content (AvgIpc) is 2.00. The second-order valence-electron chi connectivity index (χ2n) is 2.24. The molecule has 0 radical (unpaired) electrons. The number of hydrogen-bond acceptors (Lipinski definition) is 3. The van der Waals surface area contributed by atoms with E-state index in [0.717, 1.165) is 11.8 Å². The van der Waals surface area contributed by atoms with E-state index in [-0.39, 0.29) is 11.7 Å². The minimum Gasteiger partial charge on any atom is -0.480 e. The zero-order valence-corrected chi connectivity index (χ0v) is 7.98. The maximum Gasteiger partial charge on any atom is 0.316 e. The van der Waals surface area contributed by atoms with Crippen molar-refractivity contribution in [2.24, 2.45) is 0 Å². The Kier molecular flexibility index (Phi) is 5.53. The summed E-state index contributed by atoms with van der Waals surface area (Å²) in [5.41, 5.74) is 0. The molecule has 0 spiro atoms. The van der Waals surface area contributed by atoms with Gasteiger partial charge in [-0.05, 0) is 13.8 Å². The summed E-state index contributed by atoms with van der Waals surface area (Å²) in [6.45, 7) is 3.97. The molecule has 0 bridgehead atoms. The zero-order valence-electron chi connectivity index (χ0n) is 7.16. The molecule has 0 aliphatic carbocycles. The molecule has 0 fully saturated rings. The Labute approximate surface area is 75.7 Å². The fraction of sp³-hybridized carbons (Fsp3) is 0.714. The van der Waals surface area contributed by atoms with Crippen molar-refractivity contribution >= 4 is 23.6 Å². The van der Waals surface area contributed by atoms with Crippen molar-refractivity contribution in [3.8, 4) is 0 Å². The third-order valence-corrected chi connectivity index (χ3v) is 2.32. The predicted octanol–water partition coefficient (Wildman–Crippen LogP) is 0.329. The normalized spacial score (nSPS) is 12.2. The van der Waals surface area contributed by atoms with Gasteiger partial charge in [-0.1, -0.05) is 0 Å². The lowest BCUT2D eigenvalue weighted by Crippen LogP contribution is -2.26. The highest BCUT2D eigenvalue weighted by atomic mass is 32.2. The zero-order chi connectivity index (χ0) is 9.56. The fourth-order valence-electron chi connectivity index (χ4n) is 0.520. The fourth-order valence-corrected chi connectivity index (χ4v) is 1.17. The van der Waals surface area contributed by atoms with Gasteiger partial charge in [-0.25, -0.2) is 0 Å². The highest BCUT2D eigenvalue weighted by Gasteiger charge is 2.12. The second kappa shape index (κ2) is 5.88. The van der Waals surface area contributed by atoms with Crippen LogP contribution in [-0.4, -0.2) is 34.5 Å². The van der Waals surface area contributed by atoms with Crippen LogP contribution in [0.4, 0.5) is 0 Å². The van der Waals surface area contributed by atoms with Crippen LogP contribution in [0.25, 0.3) is 0 Å². The molecule has 0 aromatic heterocycles. The third kappa shape index (κ3) is 5.01. The second-order valence-corrected chi connectivity index (χ2v) is 3.57. The van der Waals surface area contributed by atoms with Gasteiger partial charge in [0, 0.05) is 6.54 Å². The molecule has 5 heteroatoms. The molecule has 4 nitrogen and oxygen atoms in total. The number of carbonyl (C=O) groups is 2. The topological polar surface area (TPSA) is 66.4 Å². The number of thioether (sulfide) groups is 1. The number of hydrogen-bond donors (Lipinski definition) is 2. The van der Waals surface area contributed by atoms with E-state index < -0.39 is 11.2 Å². The summed E-state index contributed by atoms with van der Waals surface area (Å²) < 4.78 is 0. The van der Waals surface area contributed by atoms with Gasteiger partial charge in [-0.3, -0.25) is 9.59 Å². The molecule has 0 saturated heterocycles. The Balaban J connectivity index is 3.54. The summed E-state index contributed by atoms with van der Waals surface area (Å²) in [6, 6.07) is 0. The summed E-state index contributed by atoms with van der Waals surface area (Å²) in [7, 11) is 0. The van der Waals surface area contributed by atoms with E-state index in [1.54, 1.807) is 6.92 Å². The first kappa shape index (κ1) is 11.3. The number of carboxylic acids is 1. The SMILES string of the molecule is CCNC(=O)CSC(C)C(=O)O. The van der Waals surface area contributed by atoms with Crippen LogP contribution in [0.3, 0.4) is 0 Å². The molecule has 1 unspecified atom stereocenters. The molecular formula is C7H13NO3S. The van der Waals surface area contributed by atoms with Gasteiger partial charge in [0.15, 0.2) is 0 Å². The lowest BCUT2D eigenvalue weighted by Gasteiger charge is -2.05. The van der Waals surface area contributed by atoms with E-state index >= 15 is 0 Å². The third-order valence-electron chi connectivity index (χ3n) is 1.19. The van der Waals surface area contributed by atoms with Crippen molar-refractivity contribution in [1.82, 2.24) is 5.32 Å². The van der Waals surface area contributed by atoms with E-state index in [9.17, 15) is 9.59 Å². The van der Waals surface area contributed by atoms with Crippen LogP contribution in [0.5, 0.6) is 0 Å². The molecule has 0 aliphatic heterocycles. The molecular weight excluding hydrogens is 178 g/mol. The highest BCUT2D eigenvalue weighted by molar-refractivity contribution is 8.01. The Hall–Kier alpha value is -0.710. The van der Waals surface area contributed by atoms with Crippen LogP contribution in [0.2, 0.25) is 0 Å². The van der Waals surface area contributed by atoms with Gasteiger partial charge >= 0.3 is 5.97 Å². The molecule has 1 atom stereocenters. The first-order valence-electron chi connectivity index (χ1n) is 3.69. The van der Waals surface area contributed by atoms with Crippen molar-refractivity contribution < 1.29 is 14.7 Å². The largest absolute Gasteiger partial charge is 0.480 e. The number of carbonyl (C=O) groups excluding carboxylic acids is 1. The van der Waals surface area contributed by atoms with Gasteiger partial charge in [-0.2, -0.15) is 0 Å². The summed E-state index contributed by atoms with van der Waals surface area (Å²) in [4.78, 5) is 21.2. The Bertz CT molecular complexity index is 172. The van der Waals surface area contributed by atoms with Crippen molar-refractivity contribution in [3.05, 3.63) is 0 Å². The quantitative estimate of drug-likeness (QED) is 0.657. The van der Waals surface area contributed by atoms with Gasteiger partial charge in [0.05, 0.1) is 11.0 Å². The van der Waals surface area contributed by atoms with Gasteiger partial charge in [0.2, 0.25) is 5.91 Å². The van der Waals surface area contributed by atoms with Gasteiger partial charge in [0.25, 0.3) is 0 Å². The molecule has 12 heavy (non-hydrogen) atoms. The average molecular weight is 191 g/mol. The molecule has 0 rings (SSSR count). The number of carboxylic acid groups (broad SMARTS) is 1. The molecule has 0 saturated carbocycles. The summed E-state index contributed by atoms with van der Waals surface area (Å²) in [5.74, 6) is -0.790. The lowest BCUT2D eigenvalue weighted by molar-refractivity contribution is -0.136. The number of amides is 1. The summed E-state index contributed by atoms with van der Waals surface area (Å²) >= 11 is 1.12. The Morgan fingerprint density at radius 3 is 2.58 bits per heavy atom. The van der Waals surface area contributed by atoms with E-state index in [1.165, 1.54) is 0 Å². The number of rotatable bonds is 5. The first-order chi connectivity index (χ1) is 5.57. The Morgan fingerprint density at radius 1 is 1.58 bits per heavy atom. The first-order valence-corrected chi connectivity index (χ1v) is 4.74.